The maximum Gasteiger partial charge on any atom is 0.0487 e. The summed E-state index contributed by atoms with van der Waals surface area (Å²) in [6, 6.07) is 4.20. The largest absolute Gasteiger partial charge is 0.396 e. The number of hydrogen-bond acceptors (Lipinski definition) is 3. The second-order valence-electron chi connectivity index (χ2n) is 6.34. The molecule has 0 aliphatic rings. The molecule has 1 rings (SSSR count). The Morgan fingerprint density at radius 1 is 0.783 bits per heavy atom. The van der Waals surface area contributed by atoms with Crippen molar-refractivity contribution in [3.05, 3.63) is 30.1 Å². The highest BCUT2D eigenvalue weighted by atomic mass is 16.5. The molecule has 0 radical (unpaired) electrons. The fourth-order valence-electron chi connectivity index (χ4n) is 2.76. The number of aliphatic hydroxyl groups is 1. The topological polar surface area (TPSA) is 42.4 Å². The number of rotatable bonds is 16. The summed E-state index contributed by atoms with van der Waals surface area (Å²) in [7, 11) is 0. The SMILES string of the molecule is OCCCOCCCCCCCCCCCCc1cccnc1. The first-order chi connectivity index (χ1) is 11.4. The molecule has 0 aliphatic carbocycles. The minimum absolute atomic E-state index is 0.240. The Kier molecular flexibility index (Phi) is 13.9. The van der Waals surface area contributed by atoms with Crippen LogP contribution in [0.3, 0.4) is 0 Å². The molecule has 132 valence electrons. The third-order valence-corrected chi connectivity index (χ3v) is 4.17. The number of ether oxygens (including phenoxy) is 1. The van der Waals surface area contributed by atoms with Gasteiger partial charge in [0.15, 0.2) is 0 Å². The van der Waals surface area contributed by atoms with Crippen LogP contribution in [0.5, 0.6) is 0 Å². The van der Waals surface area contributed by atoms with E-state index in [0.717, 1.165) is 13.0 Å². The van der Waals surface area contributed by atoms with Crippen LogP contribution in [0.4, 0.5) is 0 Å². The number of hydrogen-bond donors (Lipinski definition) is 1. The summed E-state index contributed by atoms with van der Waals surface area (Å²) in [6.45, 7) is 1.80. The van der Waals surface area contributed by atoms with Crippen molar-refractivity contribution in [1.29, 1.82) is 0 Å². The van der Waals surface area contributed by atoms with Gasteiger partial charge in [-0.05, 0) is 37.3 Å². The third-order valence-electron chi connectivity index (χ3n) is 4.17. The molecule has 0 aliphatic heterocycles. The van der Waals surface area contributed by atoms with E-state index in [-0.39, 0.29) is 6.61 Å². The second-order valence-corrected chi connectivity index (χ2v) is 6.34. The first-order valence-electron chi connectivity index (χ1n) is 9.51. The van der Waals surface area contributed by atoms with E-state index in [2.05, 4.69) is 11.1 Å². The molecule has 1 N–H and O–H groups in total. The van der Waals surface area contributed by atoms with Crippen LogP contribution in [0.1, 0.15) is 76.2 Å². The summed E-state index contributed by atoms with van der Waals surface area (Å²) < 4.78 is 5.42. The van der Waals surface area contributed by atoms with E-state index in [1.807, 2.05) is 18.5 Å². The van der Waals surface area contributed by atoms with E-state index in [4.69, 9.17) is 9.84 Å². The molecular weight excluding hydrogens is 286 g/mol. The van der Waals surface area contributed by atoms with Crippen molar-refractivity contribution in [2.45, 2.75) is 77.0 Å². The summed E-state index contributed by atoms with van der Waals surface area (Å²) >= 11 is 0. The Balaban J connectivity index is 1.72. The van der Waals surface area contributed by atoms with Gasteiger partial charge in [0.1, 0.15) is 0 Å². The zero-order chi connectivity index (χ0) is 16.4. The summed E-state index contributed by atoms with van der Waals surface area (Å²) in [5, 5.41) is 8.63. The Hall–Kier alpha value is -0.930. The van der Waals surface area contributed by atoms with Crippen molar-refractivity contribution >= 4 is 0 Å². The van der Waals surface area contributed by atoms with Crippen molar-refractivity contribution in [1.82, 2.24) is 4.98 Å². The smallest absolute Gasteiger partial charge is 0.0487 e. The molecule has 0 saturated carbocycles. The molecule has 1 heterocycles. The van der Waals surface area contributed by atoms with Gasteiger partial charge in [-0.1, -0.05) is 57.4 Å². The van der Waals surface area contributed by atoms with Gasteiger partial charge in [0, 0.05) is 32.2 Å². The first-order valence-corrected chi connectivity index (χ1v) is 9.51. The molecule has 0 bridgehead atoms. The van der Waals surface area contributed by atoms with E-state index in [9.17, 15) is 0 Å². The van der Waals surface area contributed by atoms with Crippen molar-refractivity contribution < 1.29 is 9.84 Å². The van der Waals surface area contributed by atoms with Crippen molar-refractivity contribution in [2.75, 3.05) is 19.8 Å². The molecule has 0 unspecified atom stereocenters. The average molecular weight is 322 g/mol. The number of pyridine rings is 1. The van der Waals surface area contributed by atoms with Crippen LogP contribution in [-0.4, -0.2) is 29.9 Å². The van der Waals surface area contributed by atoms with E-state index < -0.39 is 0 Å². The molecule has 23 heavy (non-hydrogen) atoms. The van der Waals surface area contributed by atoms with Crippen LogP contribution in [-0.2, 0) is 11.2 Å². The van der Waals surface area contributed by atoms with E-state index >= 15 is 0 Å². The van der Waals surface area contributed by atoms with Crippen molar-refractivity contribution in [3.63, 3.8) is 0 Å². The Morgan fingerprint density at radius 3 is 2.00 bits per heavy atom. The standard InChI is InChI=1S/C20H35NO2/c22-16-12-18-23-17-10-8-6-4-2-1-3-5-7-9-13-20-14-11-15-21-19-20/h11,14-15,19,22H,1-10,12-13,16-18H2. The lowest BCUT2D eigenvalue weighted by atomic mass is 10.0. The Labute approximate surface area is 142 Å². The molecule has 1 aromatic rings. The lowest BCUT2D eigenvalue weighted by molar-refractivity contribution is 0.112. The number of aryl methyl sites for hydroxylation is 1. The highest BCUT2D eigenvalue weighted by Gasteiger charge is 1.95. The quantitative estimate of drug-likeness (QED) is 0.439. The van der Waals surface area contributed by atoms with Gasteiger partial charge < -0.3 is 9.84 Å². The Morgan fingerprint density at radius 2 is 1.39 bits per heavy atom. The summed E-state index contributed by atoms with van der Waals surface area (Å²) in [6.07, 6.45) is 19.1. The van der Waals surface area contributed by atoms with Crippen molar-refractivity contribution in [3.8, 4) is 0 Å². The van der Waals surface area contributed by atoms with Crippen molar-refractivity contribution in [2.24, 2.45) is 0 Å². The van der Waals surface area contributed by atoms with Gasteiger partial charge in [0.2, 0.25) is 0 Å². The van der Waals surface area contributed by atoms with Crippen LogP contribution >= 0.6 is 0 Å². The summed E-state index contributed by atoms with van der Waals surface area (Å²) in [5.41, 5.74) is 1.37. The molecule has 0 fully saturated rings. The minimum Gasteiger partial charge on any atom is -0.396 e. The summed E-state index contributed by atoms with van der Waals surface area (Å²) in [5.74, 6) is 0. The molecule has 0 atom stereocenters. The van der Waals surface area contributed by atoms with E-state index in [1.165, 1.54) is 76.2 Å². The molecule has 0 saturated heterocycles. The van der Waals surface area contributed by atoms with Crippen LogP contribution < -0.4 is 0 Å². The first kappa shape index (κ1) is 20.1. The normalized spacial score (nSPS) is 11.0. The monoisotopic (exact) mass is 321 g/mol. The van der Waals surface area contributed by atoms with Gasteiger partial charge in [-0.2, -0.15) is 0 Å². The number of unbranched alkanes of at least 4 members (excludes halogenated alkanes) is 9. The van der Waals surface area contributed by atoms with Gasteiger partial charge in [-0.25, -0.2) is 0 Å². The number of aliphatic hydroxyl groups excluding tert-OH is 1. The number of aromatic nitrogens is 1. The zero-order valence-corrected chi connectivity index (χ0v) is 14.7. The lowest BCUT2D eigenvalue weighted by Gasteiger charge is -2.04. The molecule has 0 spiro atoms. The van der Waals surface area contributed by atoms with Gasteiger partial charge >= 0.3 is 0 Å². The van der Waals surface area contributed by atoms with Gasteiger partial charge in [-0.3, -0.25) is 4.98 Å². The van der Waals surface area contributed by atoms with Gasteiger partial charge in [-0.15, -0.1) is 0 Å². The highest BCUT2D eigenvalue weighted by molar-refractivity contribution is 5.08. The van der Waals surface area contributed by atoms with Gasteiger partial charge in [0.25, 0.3) is 0 Å². The van der Waals surface area contributed by atoms with Crippen LogP contribution in [0, 0.1) is 0 Å². The zero-order valence-electron chi connectivity index (χ0n) is 14.7. The molecule has 3 heteroatoms. The minimum atomic E-state index is 0.240. The molecule has 1 aromatic heterocycles. The Bertz CT molecular complexity index is 343. The molecule has 3 nitrogen and oxygen atoms in total. The van der Waals surface area contributed by atoms with Crippen LogP contribution in [0.15, 0.2) is 24.5 Å². The van der Waals surface area contributed by atoms with Crippen LogP contribution in [0.25, 0.3) is 0 Å². The molecular formula is C20H35NO2. The predicted molar refractivity (Wildman–Crippen MR) is 96.6 cm³/mol. The maximum absolute atomic E-state index is 8.63. The fraction of sp³-hybridized carbons (Fsp3) is 0.750. The highest BCUT2D eigenvalue weighted by Crippen LogP contribution is 2.12. The lowest BCUT2D eigenvalue weighted by Crippen LogP contribution is -1.98. The van der Waals surface area contributed by atoms with E-state index in [1.54, 1.807) is 0 Å². The maximum atomic E-state index is 8.63. The van der Waals surface area contributed by atoms with Crippen LogP contribution in [0.2, 0.25) is 0 Å². The van der Waals surface area contributed by atoms with Gasteiger partial charge in [0.05, 0.1) is 0 Å². The van der Waals surface area contributed by atoms with E-state index in [0.29, 0.717) is 6.61 Å². The average Bonchev–Trinajstić information content (AvgIpc) is 2.59. The number of nitrogens with zero attached hydrogens (tertiary/aromatic N) is 1. The predicted octanol–water partition coefficient (Wildman–Crippen LogP) is 4.92. The fourth-order valence-corrected chi connectivity index (χ4v) is 2.76. The molecule has 0 amide bonds. The summed E-state index contributed by atoms with van der Waals surface area (Å²) in [4.78, 5) is 4.16. The second kappa shape index (κ2) is 15.9. The molecule has 0 aromatic carbocycles. The third kappa shape index (κ3) is 13.2.